The molecule has 1 aliphatic rings. The first-order valence-corrected chi connectivity index (χ1v) is 6.93. The second-order valence-corrected chi connectivity index (χ2v) is 5.44. The molecule has 4 heteroatoms. The second kappa shape index (κ2) is 6.44. The Labute approximate surface area is 112 Å². The molecule has 0 aromatic heterocycles. The van der Waals surface area contributed by atoms with Crippen molar-refractivity contribution in [1.29, 1.82) is 0 Å². The molecule has 2 rings (SSSR count). The van der Waals surface area contributed by atoms with Crippen molar-refractivity contribution in [3.05, 3.63) is 35.4 Å². The summed E-state index contributed by atoms with van der Waals surface area (Å²) in [4.78, 5) is 0. The average Bonchev–Trinajstić information content (AvgIpc) is 2.88. The maximum atomic E-state index is 13.1. The van der Waals surface area contributed by atoms with Gasteiger partial charge in [-0.15, -0.1) is 0 Å². The van der Waals surface area contributed by atoms with Crippen LogP contribution < -0.4 is 5.32 Å². The molecule has 1 aromatic rings. The highest BCUT2D eigenvalue weighted by molar-refractivity contribution is 5.20. The van der Waals surface area contributed by atoms with E-state index in [0.717, 1.165) is 18.9 Å². The van der Waals surface area contributed by atoms with E-state index in [1.54, 1.807) is 0 Å². The fourth-order valence-corrected chi connectivity index (χ4v) is 2.75. The van der Waals surface area contributed by atoms with E-state index in [0.29, 0.717) is 18.0 Å². The van der Waals surface area contributed by atoms with E-state index in [1.165, 1.54) is 25.0 Å². The molecule has 2 atom stereocenters. The van der Waals surface area contributed by atoms with E-state index in [2.05, 4.69) is 5.32 Å². The maximum absolute atomic E-state index is 13.1. The number of halogens is 2. The first-order valence-electron chi connectivity index (χ1n) is 6.93. The van der Waals surface area contributed by atoms with Gasteiger partial charge >= 0.3 is 0 Å². The Balaban J connectivity index is 1.87. The van der Waals surface area contributed by atoms with Crippen molar-refractivity contribution in [2.24, 2.45) is 5.92 Å². The Kier molecular flexibility index (Phi) is 4.88. The van der Waals surface area contributed by atoms with Gasteiger partial charge in [0.1, 0.15) is 11.6 Å². The van der Waals surface area contributed by atoms with Crippen molar-refractivity contribution in [2.45, 2.75) is 44.8 Å². The fraction of sp³-hybridized carbons (Fsp3) is 0.600. The summed E-state index contributed by atoms with van der Waals surface area (Å²) in [5.74, 6) is -0.774. The summed E-state index contributed by atoms with van der Waals surface area (Å²) in [6.45, 7) is 2.31. The number of nitrogens with one attached hydrogen (secondary N) is 1. The molecular formula is C15H21F2NO. The lowest BCUT2D eigenvalue weighted by atomic mass is 10.00. The third-order valence-corrected chi connectivity index (χ3v) is 3.96. The number of aliphatic hydroxyl groups excluding tert-OH is 1. The van der Waals surface area contributed by atoms with Crippen molar-refractivity contribution < 1.29 is 13.9 Å². The zero-order valence-electron chi connectivity index (χ0n) is 11.2. The zero-order valence-corrected chi connectivity index (χ0v) is 11.2. The molecule has 1 saturated carbocycles. The van der Waals surface area contributed by atoms with Crippen LogP contribution in [-0.2, 0) is 0 Å². The molecule has 2 nitrogen and oxygen atoms in total. The molecule has 106 valence electrons. The van der Waals surface area contributed by atoms with E-state index >= 15 is 0 Å². The molecule has 1 aliphatic carbocycles. The quantitative estimate of drug-likeness (QED) is 0.860. The van der Waals surface area contributed by atoms with Gasteiger partial charge in [0.15, 0.2) is 0 Å². The lowest BCUT2D eigenvalue weighted by Gasteiger charge is -2.21. The molecule has 0 radical (unpaired) electrons. The van der Waals surface area contributed by atoms with Gasteiger partial charge in [-0.2, -0.15) is 0 Å². The van der Waals surface area contributed by atoms with E-state index in [9.17, 15) is 13.9 Å². The van der Waals surface area contributed by atoms with Crippen LogP contribution in [0.25, 0.3) is 0 Å². The van der Waals surface area contributed by atoms with Crippen molar-refractivity contribution in [3.63, 3.8) is 0 Å². The van der Waals surface area contributed by atoms with Crippen LogP contribution in [0.15, 0.2) is 18.2 Å². The Morgan fingerprint density at radius 1 is 1.21 bits per heavy atom. The summed E-state index contributed by atoms with van der Waals surface area (Å²) >= 11 is 0. The highest BCUT2D eigenvalue weighted by Crippen LogP contribution is 2.27. The first-order chi connectivity index (χ1) is 9.06. The largest absolute Gasteiger partial charge is 0.392 e. The van der Waals surface area contributed by atoms with Gasteiger partial charge in [0, 0.05) is 18.7 Å². The molecule has 0 heterocycles. The number of benzene rings is 1. The Morgan fingerprint density at radius 3 is 2.37 bits per heavy atom. The fourth-order valence-electron chi connectivity index (χ4n) is 2.75. The standard InChI is InChI=1S/C15H21F2NO/c1-10(12-6-13(16)8-14(17)7-12)18-9-15(19)11-4-2-3-5-11/h6-8,10-11,15,18-19H,2-5,9H2,1H3. The first kappa shape index (κ1) is 14.4. The van der Waals surface area contributed by atoms with Gasteiger partial charge in [0.2, 0.25) is 0 Å². The Hall–Kier alpha value is -1.00. The summed E-state index contributed by atoms with van der Waals surface area (Å²) in [7, 11) is 0. The van der Waals surface area contributed by atoms with Gasteiger partial charge in [0.25, 0.3) is 0 Å². The molecule has 2 N–H and O–H groups in total. The van der Waals surface area contributed by atoms with Crippen LogP contribution in [0.5, 0.6) is 0 Å². The topological polar surface area (TPSA) is 32.3 Å². The summed E-state index contributed by atoms with van der Waals surface area (Å²) < 4.78 is 26.2. The summed E-state index contributed by atoms with van der Waals surface area (Å²) in [6, 6.07) is 3.33. The van der Waals surface area contributed by atoms with Crippen LogP contribution >= 0.6 is 0 Å². The summed E-state index contributed by atoms with van der Waals surface area (Å²) in [6.07, 6.45) is 4.15. The smallest absolute Gasteiger partial charge is 0.126 e. The molecule has 0 bridgehead atoms. The van der Waals surface area contributed by atoms with E-state index < -0.39 is 11.6 Å². The second-order valence-electron chi connectivity index (χ2n) is 5.44. The number of rotatable bonds is 5. The van der Waals surface area contributed by atoms with Gasteiger partial charge in [0.05, 0.1) is 6.10 Å². The molecule has 0 spiro atoms. The predicted molar refractivity (Wildman–Crippen MR) is 70.7 cm³/mol. The van der Waals surface area contributed by atoms with Crippen LogP contribution in [0, 0.1) is 17.6 Å². The van der Waals surface area contributed by atoms with Gasteiger partial charge in [-0.05, 0) is 43.4 Å². The maximum Gasteiger partial charge on any atom is 0.126 e. The third kappa shape index (κ3) is 3.98. The molecular weight excluding hydrogens is 248 g/mol. The van der Waals surface area contributed by atoms with Crippen LogP contribution in [0.1, 0.15) is 44.2 Å². The summed E-state index contributed by atoms with van der Waals surface area (Å²) in [5, 5.41) is 13.2. The van der Waals surface area contributed by atoms with Crippen LogP contribution in [0.4, 0.5) is 8.78 Å². The Morgan fingerprint density at radius 2 is 1.79 bits per heavy atom. The van der Waals surface area contributed by atoms with Crippen LogP contribution in [0.3, 0.4) is 0 Å². The third-order valence-electron chi connectivity index (χ3n) is 3.96. The van der Waals surface area contributed by atoms with E-state index in [4.69, 9.17) is 0 Å². The van der Waals surface area contributed by atoms with Crippen LogP contribution in [-0.4, -0.2) is 17.8 Å². The molecule has 1 fully saturated rings. The summed E-state index contributed by atoms with van der Waals surface area (Å²) in [5.41, 5.74) is 0.566. The Bertz CT molecular complexity index is 398. The monoisotopic (exact) mass is 269 g/mol. The van der Waals surface area contributed by atoms with Gasteiger partial charge in [-0.3, -0.25) is 0 Å². The minimum absolute atomic E-state index is 0.179. The van der Waals surface area contributed by atoms with Crippen molar-refractivity contribution in [3.8, 4) is 0 Å². The molecule has 0 aliphatic heterocycles. The van der Waals surface area contributed by atoms with Crippen molar-refractivity contribution >= 4 is 0 Å². The van der Waals surface area contributed by atoms with E-state index in [-0.39, 0.29) is 12.1 Å². The van der Waals surface area contributed by atoms with Crippen LogP contribution in [0.2, 0.25) is 0 Å². The normalized spacial score (nSPS) is 19.6. The number of hydrogen-bond donors (Lipinski definition) is 2. The predicted octanol–water partition coefficient (Wildman–Crippen LogP) is 3.17. The lowest BCUT2D eigenvalue weighted by molar-refractivity contribution is 0.106. The number of aliphatic hydroxyl groups is 1. The number of hydrogen-bond acceptors (Lipinski definition) is 2. The lowest BCUT2D eigenvalue weighted by Crippen LogP contribution is -2.33. The zero-order chi connectivity index (χ0) is 13.8. The van der Waals surface area contributed by atoms with Gasteiger partial charge < -0.3 is 10.4 Å². The average molecular weight is 269 g/mol. The minimum Gasteiger partial charge on any atom is -0.392 e. The van der Waals surface area contributed by atoms with Gasteiger partial charge in [-0.1, -0.05) is 12.8 Å². The molecule has 0 amide bonds. The molecule has 0 saturated heterocycles. The highest BCUT2D eigenvalue weighted by atomic mass is 19.1. The van der Waals surface area contributed by atoms with Gasteiger partial charge in [-0.25, -0.2) is 8.78 Å². The van der Waals surface area contributed by atoms with E-state index in [1.807, 2.05) is 6.92 Å². The highest BCUT2D eigenvalue weighted by Gasteiger charge is 2.23. The SMILES string of the molecule is CC(NCC(O)C1CCCC1)c1cc(F)cc(F)c1. The molecule has 19 heavy (non-hydrogen) atoms. The molecule has 1 aromatic carbocycles. The minimum atomic E-state index is -0.569. The van der Waals surface area contributed by atoms with Crippen molar-refractivity contribution in [1.82, 2.24) is 5.32 Å². The van der Waals surface area contributed by atoms with Crippen molar-refractivity contribution in [2.75, 3.05) is 6.54 Å². The molecule has 2 unspecified atom stereocenters.